The van der Waals surface area contributed by atoms with Gasteiger partial charge in [0.05, 0.1) is 4.34 Å². The van der Waals surface area contributed by atoms with Gasteiger partial charge in [-0.1, -0.05) is 66.2 Å². The lowest BCUT2D eigenvalue weighted by Gasteiger charge is -2.04. The lowest BCUT2D eigenvalue weighted by atomic mass is 10.0. The van der Waals surface area contributed by atoms with E-state index < -0.39 is 0 Å². The fraction of sp³-hybridized carbons (Fsp3) is 0.111. The lowest BCUT2D eigenvalue weighted by molar-refractivity contribution is 1.39. The normalized spacial score (nSPS) is 10.7. The van der Waals surface area contributed by atoms with E-state index in [1.54, 1.807) is 11.3 Å². The largest absolute Gasteiger partial charge is 0.152 e. The minimum Gasteiger partial charge on any atom is -0.152 e. The zero-order valence-corrected chi connectivity index (χ0v) is 13.8. The fourth-order valence-electron chi connectivity index (χ4n) is 2.12. The van der Waals surface area contributed by atoms with Gasteiger partial charge in [-0.15, -0.1) is 11.3 Å². The second-order valence-corrected chi connectivity index (χ2v) is 7.55. The smallest absolute Gasteiger partial charge is 0.0931 e. The summed E-state index contributed by atoms with van der Waals surface area (Å²) in [5.41, 5.74) is 3.90. The van der Waals surface area contributed by atoms with Gasteiger partial charge in [-0.05, 0) is 28.8 Å². The summed E-state index contributed by atoms with van der Waals surface area (Å²) in [6, 6.07) is 23.4. The molecule has 0 N–H and O–H groups in total. The number of thiophene rings is 1. The van der Waals surface area contributed by atoms with E-state index in [-0.39, 0.29) is 0 Å². The van der Waals surface area contributed by atoms with Crippen LogP contribution < -0.4 is 0 Å². The van der Waals surface area contributed by atoms with E-state index in [4.69, 9.17) is 11.6 Å². The molecule has 3 heteroatoms. The Labute approximate surface area is 138 Å². The van der Waals surface area contributed by atoms with Crippen molar-refractivity contribution < 1.29 is 0 Å². The first kappa shape index (κ1) is 14.7. The van der Waals surface area contributed by atoms with Crippen molar-refractivity contribution in [1.82, 2.24) is 0 Å². The van der Waals surface area contributed by atoms with Crippen LogP contribution >= 0.6 is 34.7 Å². The molecule has 0 aliphatic heterocycles. The molecule has 0 radical (unpaired) electrons. The van der Waals surface area contributed by atoms with Gasteiger partial charge in [-0.3, -0.25) is 0 Å². The van der Waals surface area contributed by atoms with Gasteiger partial charge in [-0.2, -0.15) is 11.8 Å². The Morgan fingerprint density at radius 1 is 0.762 bits per heavy atom. The molecule has 0 nitrogen and oxygen atoms in total. The molecule has 1 heterocycles. The topological polar surface area (TPSA) is 0 Å². The summed E-state index contributed by atoms with van der Waals surface area (Å²) in [5, 5.41) is 0. The van der Waals surface area contributed by atoms with Gasteiger partial charge in [0.1, 0.15) is 0 Å². The maximum absolute atomic E-state index is 5.94. The summed E-state index contributed by atoms with van der Waals surface area (Å²) in [7, 11) is 0. The first-order valence-corrected chi connectivity index (χ1v) is 9.12. The van der Waals surface area contributed by atoms with Gasteiger partial charge in [0.2, 0.25) is 0 Å². The molecule has 0 atom stereocenters. The molecule has 0 saturated carbocycles. The van der Waals surface area contributed by atoms with Crippen LogP contribution in [-0.4, -0.2) is 0 Å². The quantitative estimate of drug-likeness (QED) is 0.514. The molecule has 0 fully saturated rings. The van der Waals surface area contributed by atoms with Crippen molar-refractivity contribution in [2.75, 3.05) is 0 Å². The average Bonchev–Trinajstić information content (AvgIpc) is 2.94. The standard InChI is InChI=1S/C18H15ClS2/c19-18-11-10-17(21-18)13-20-12-14-6-8-16(9-7-14)15-4-2-1-3-5-15/h1-11H,12-13H2. The van der Waals surface area contributed by atoms with Crippen LogP contribution in [-0.2, 0) is 11.5 Å². The molecule has 21 heavy (non-hydrogen) atoms. The first-order valence-electron chi connectivity index (χ1n) is 6.77. The molecular formula is C18H15ClS2. The summed E-state index contributed by atoms with van der Waals surface area (Å²) in [6.07, 6.45) is 0. The average molecular weight is 331 g/mol. The van der Waals surface area contributed by atoms with Crippen molar-refractivity contribution in [3.05, 3.63) is 81.5 Å². The van der Waals surface area contributed by atoms with E-state index in [9.17, 15) is 0 Å². The SMILES string of the molecule is Clc1ccc(CSCc2ccc(-c3ccccc3)cc2)s1. The van der Waals surface area contributed by atoms with Crippen LogP contribution in [0.5, 0.6) is 0 Å². The maximum atomic E-state index is 5.94. The fourth-order valence-corrected chi connectivity index (χ4v) is 4.32. The zero-order chi connectivity index (χ0) is 14.5. The van der Waals surface area contributed by atoms with Crippen LogP contribution in [0.4, 0.5) is 0 Å². The van der Waals surface area contributed by atoms with Gasteiger partial charge in [-0.25, -0.2) is 0 Å². The highest BCUT2D eigenvalue weighted by Gasteiger charge is 2.00. The van der Waals surface area contributed by atoms with Crippen LogP contribution in [0, 0.1) is 0 Å². The second kappa shape index (κ2) is 7.17. The van der Waals surface area contributed by atoms with Crippen molar-refractivity contribution in [2.24, 2.45) is 0 Å². The number of thioether (sulfide) groups is 1. The number of hydrogen-bond acceptors (Lipinski definition) is 2. The van der Waals surface area contributed by atoms with Crippen molar-refractivity contribution in [3.8, 4) is 11.1 Å². The Kier molecular flexibility index (Phi) is 5.02. The lowest BCUT2D eigenvalue weighted by Crippen LogP contribution is -1.83. The molecule has 0 saturated heterocycles. The predicted molar refractivity (Wildman–Crippen MR) is 96.2 cm³/mol. The Bertz CT molecular complexity index is 687. The highest BCUT2D eigenvalue weighted by Crippen LogP contribution is 2.27. The number of hydrogen-bond donors (Lipinski definition) is 0. The summed E-state index contributed by atoms with van der Waals surface area (Å²) in [4.78, 5) is 1.34. The molecule has 3 rings (SSSR count). The second-order valence-electron chi connectivity index (χ2n) is 4.76. The van der Waals surface area contributed by atoms with Crippen molar-refractivity contribution >= 4 is 34.7 Å². The van der Waals surface area contributed by atoms with Crippen LogP contribution in [0.3, 0.4) is 0 Å². The maximum Gasteiger partial charge on any atom is 0.0931 e. The van der Waals surface area contributed by atoms with E-state index in [1.165, 1.54) is 21.6 Å². The van der Waals surface area contributed by atoms with Crippen molar-refractivity contribution in [1.29, 1.82) is 0 Å². The summed E-state index contributed by atoms with van der Waals surface area (Å²) >= 11 is 9.53. The molecule has 2 aromatic carbocycles. The zero-order valence-electron chi connectivity index (χ0n) is 11.5. The van der Waals surface area contributed by atoms with Gasteiger partial charge >= 0.3 is 0 Å². The van der Waals surface area contributed by atoms with Gasteiger partial charge < -0.3 is 0 Å². The van der Waals surface area contributed by atoms with E-state index in [0.717, 1.165) is 15.8 Å². The van der Waals surface area contributed by atoms with Crippen LogP contribution in [0.15, 0.2) is 66.7 Å². The van der Waals surface area contributed by atoms with E-state index >= 15 is 0 Å². The Balaban J connectivity index is 1.57. The van der Waals surface area contributed by atoms with Crippen LogP contribution in [0.25, 0.3) is 11.1 Å². The number of benzene rings is 2. The van der Waals surface area contributed by atoms with E-state index in [2.05, 4.69) is 54.6 Å². The molecule has 0 spiro atoms. The van der Waals surface area contributed by atoms with E-state index in [1.807, 2.05) is 23.9 Å². The van der Waals surface area contributed by atoms with Gasteiger partial charge in [0, 0.05) is 16.4 Å². The van der Waals surface area contributed by atoms with Crippen molar-refractivity contribution in [3.63, 3.8) is 0 Å². The molecule has 0 aliphatic carbocycles. The van der Waals surface area contributed by atoms with Crippen LogP contribution in [0.1, 0.15) is 10.4 Å². The molecule has 0 unspecified atom stereocenters. The number of rotatable bonds is 5. The molecule has 0 amide bonds. The molecule has 0 aliphatic rings. The monoisotopic (exact) mass is 330 g/mol. The van der Waals surface area contributed by atoms with Gasteiger partial charge in [0.25, 0.3) is 0 Å². The molecule has 106 valence electrons. The third-order valence-corrected chi connectivity index (χ3v) is 5.67. The minimum absolute atomic E-state index is 0.873. The summed E-state index contributed by atoms with van der Waals surface area (Å²) in [6.45, 7) is 0. The molecule has 3 aromatic rings. The third-order valence-electron chi connectivity index (χ3n) is 3.20. The minimum atomic E-state index is 0.873. The van der Waals surface area contributed by atoms with Gasteiger partial charge in [0.15, 0.2) is 0 Å². The Hall–Kier alpha value is -1.22. The summed E-state index contributed by atoms with van der Waals surface area (Å²) in [5.74, 6) is 2.06. The number of halogens is 1. The Morgan fingerprint density at radius 3 is 2.14 bits per heavy atom. The molecule has 0 bridgehead atoms. The Morgan fingerprint density at radius 2 is 1.48 bits per heavy atom. The summed E-state index contributed by atoms with van der Waals surface area (Å²) < 4.78 is 0.873. The molecular weight excluding hydrogens is 316 g/mol. The third kappa shape index (κ3) is 4.13. The van der Waals surface area contributed by atoms with E-state index in [0.29, 0.717) is 0 Å². The first-order chi connectivity index (χ1) is 10.3. The highest BCUT2D eigenvalue weighted by atomic mass is 35.5. The predicted octanol–water partition coefficient (Wildman–Crippen LogP) is 6.50. The molecule has 1 aromatic heterocycles. The van der Waals surface area contributed by atoms with Crippen LogP contribution in [0.2, 0.25) is 4.34 Å². The highest BCUT2D eigenvalue weighted by molar-refractivity contribution is 7.97. The van der Waals surface area contributed by atoms with Crippen molar-refractivity contribution in [2.45, 2.75) is 11.5 Å².